The normalized spacial score (nSPS) is 10.2. The Morgan fingerprint density at radius 1 is 1.25 bits per heavy atom. The molecule has 0 unspecified atom stereocenters. The highest BCUT2D eigenvalue weighted by atomic mass is 16.5. The lowest BCUT2D eigenvalue weighted by Crippen LogP contribution is -2.13. The molecule has 2 N–H and O–H groups in total. The van der Waals surface area contributed by atoms with Crippen molar-refractivity contribution in [2.45, 2.75) is 13.3 Å². The number of methoxy groups -OCH3 is 2. The molecule has 0 spiro atoms. The van der Waals surface area contributed by atoms with Crippen LogP contribution in [-0.2, 0) is 6.42 Å². The van der Waals surface area contributed by atoms with Crippen molar-refractivity contribution >= 4 is 11.7 Å². The molecule has 20 heavy (non-hydrogen) atoms. The third kappa shape index (κ3) is 2.90. The molecule has 0 aliphatic heterocycles. The van der Waals surface area contributed by atoms with Crippen molar-refractivity contribution in [1.82, 2.24) is 10.2 Å². The van der Waals surface area contributed by atoms with Crippen molar-refractivity contribution in [2.75, 3.05) is 19.5 Å². The van der Waals surface area contributed by atoms with Gasteiger partial charge in [-0.1, -0.05) is 6.92 Å². The van der Waals surface area contributed by atoms with E-state index in [2.05, 4.69) is 15.5 Å². The Morgan fingerprint density at radius 2 is 1.90 bits per heavy atom. The predicted octanol–water partition coefficient (Wildman–Crippen LogP) is 2.24. The largest absolute Gasteiger partial charge is 0.497 e. The Balaban J connectivity index is 2.24. The highest BCUT2D eigenvalue weighted by Gasteiger charge is 2.12. The van der Waals surface area contributed by atoms with Gasteiger partial charge in [-0.05, 0) is 18.6 Å². The van der Waals surface area contributed by atoms with Crippen LogP contribution < -0.4 is 14.8 Å². The Morgan fingerprint density at radius 3 is 2.45 bits per heavy atom. The van der Waals surface area contributed by atoms with Gasteiger partial charge in [0.25, 0.3) is 5.91 Å². The van der Waals surface area contributed by atoms with E-state index in [1.807, 2.05) is 6.92 Å². The van der Waals surface area contributed by atoms with Crippen molar-refractivity contribution in [3.8, 4) is 11.5 Å². The van der Waals surface area contributed by atoms with Gasteiger partial charge in [0.15, 0.2) is 0 Å². The first-order valence-corrected chi connectivity index (χ1v) is 6.24. The van der Waals surface area contributed by atoms with Crippen LogP contribution in [-0.4, -0.2) is 30.3 Å². The molecule has 0 fully saturated rings. The fourth-order valence-corrected chi connectivity index (χ4v) is 1.81. The molecule has 1 aromatic heterocycles. The van der Waals surface area contributed by atoms with E-state index in [9.17, 15) is 4.79 Å². The van der Waals surface area contributed by atoms with Crippen molar-refractivity contribution in [1.29, 1.82) is 0 Å². The number of carbonyl (C=O) groups is 1. The summed E-state index contributed by atoms with van der Waals surface area (Å²) in [5.41, 5.74) is 1.41. The number of aromatic nitrogens is 2. The third-order valence-electron chi connectivity index (χ3n) is 2.95. The maximum absolute atomic E-state index is 12.2. The number of hydrogen-bond acceptors (Lipinski definition) is 4. The molecule has 6 nitrogen and oxygen atoms in total. The summed E-state index contributed by atoms with van der Waals surface area (Å²) in [7, 11) is 3.08. The van der Waals surface area contributed by atoms with Crippen LogP contribution in [0.15, 0.2) is 24.4 Å². The summed E-state index contributed by atoms with van der Waals surface area (Å²) in [5, 5.41) is 9.48. The summed E-state index contributed by atoms with van der Waals surface area (Å²) in [6.45, 7) is 2.00. The quantitative estimate of drug-likeness (QED) is 0.877. The smallest absolute Gasteiger partial charge is 0.257 e. The number of carbonyl (C=O) groups excluding carboxylic acids is 1. The number of amides is 1. The number of aryl methyl sites for hydroxylation is 1. The predicted molar refractivity (Wildman–Crippen MR) is 75.5 cm³/mol. The van der Waals surface area contributed by atoms with Crippen LogP contribution in [0.5, 0.6) is 11.5 Å². The van der Waals surface area contributed by atoms with Crippen LogP contribution in [0.1, 0.15) is 22.8 Å². The first kappa shape index (κ1) is 13.9. The number of H-pyrrole nitrogens is 1. The molecule has 106 valence electrons. The van der Waals surface area contributed by atoms with E-state index >= 15 is 0 Å². The molecular formula is C14H17N3O3. The van der Waals surface area contributed by atoms with Crippen LogP contribution in [0, 0.1) is 0 Å². The fourth-order valence-electron chi connectivity index (χ4n) is 1.81. The first-order chi connectivity index (χ1) is 9.67. The SMILES string of the molecule is CCc1cn[nH]c1NC(=O)c1cc(OC)cc(OC)c1. The lowest BCUT2D eigenvalue weighted by atomic mass is 10.1. The van der Waals surface area contributed by atoms with Gasteiger partial charge in [0.05, 0.1) is 20.4 Å². The maximum atomic E-state index is 12.2. The zero-order chi connectivity index (χ0) is 14.5. The highest BCUT2D eigenvalue weighted by Crippen LogP contribution is 2.23. The number of nitrogens with zero attached hydrogens (tertiary/aromatic N) is 1. The first-order valence-electron chi connectivity index (χ1n) is 6.24. The molecule has 2 rings (SSSR count). The number of anilines is 1. The highest BCUT2D eigenvalue weighted by molar-refractivity contribution is 6.04. The molecule has 1 heterocycles. The Kier molecular flexibility index (Phi) is 4.24. The van der Waals surface area contributed by atoms with Gasteiger partial charge in [0, 0.05) is 17.2 Å². The molecule has 6 heteroatoms. The number of rotatable bonds is 5. The van der Waals surface area contributed by atoms with Gasteiger partial charge in [-0.2, -0.15) is 5.10 Å². The summed E-state index contributed by atoms with van der Waals surface area (Å²) >= 11 is 0. The molecule has 0 atom stereocenters. The van der Waals surface area contributed by atoms with Gasteiger partial charge < -0.3 is 14.8 Å². The minimum absolute atomic E-state index is 0.249. The second-order valence-electron chi connectivity index (χ2n) is 4.18. The van der Waals surface area contributed by atoms with Crippen LogP contribution in [0.4, 0.5) is 5.82 Å². The van der Waals surface area contributed by atoms with Gasteiger partial charge in [-0.25, -0.2) is 0 Å². The van der Waals surface area contributed by atoms with E-state index in [4.69, 9.17) is 9.47 Å². The average Bonchev–Trinajstić information content (AvgIpc) is 2.93. The number of benzene rings is 1. The minimum atomic E-state index is -0.249. The molecule has 1 aromatic carbocycles. The molecule has 0 radical (unpaired) electrons. The Labute approximate surface area is 117 Å². The van der Waals surface area contributed by atoms with Gasteiger partial charge in [-0.15, -0.1) is 0 Å². The molecule has 2 aromatic rings. The second kappa shape index (κ2) is 6.10. The summed E-state index contributed by atoms with van der Waals surface area (Å²) in [5.74, 6) is 1.49. The molecule has 0 saturated heterocycles. The van der Waals surface area contributed by atoms with Crippen LogP contribution >= 0.6 is 0 Å². The standard InChI is InChI=1S/C14H17N3O3/c1-4-9-8-15-17-13(9)16-14(18)10-5-11(19-2)7-12(6-10)20-3/h5-8H,4H2,1-3H3,(H2,15,16,17,18). The van der Waals surface area contributed by atoms with E-state index < -0.39 is 0 Å². The molecule has 0 saturated carbocycles. The second-order valence-corrected chi connectivity index (χ2v) is 4.18. The number of hydrogen-bond donors (Lipinski definition) is 2. The molecule has 0 aliphatic rings. The fraction of sp³-hybridized carbons (Fsp3) is 0.286. The van der Waals surface area contributed by atoms with E-state index in [1.165, 1.54) is 0 Å². The number of aromatic amines is 1. The summed E-state index contributed by atoms with van der Waals surface area (Å²) < 4.78 is 10.3. The van der Waals surface area contributed by atoms with Crippen molar-refractivity contribution < 1.29 is 14.3 Å². The minimum Gasteiger partial charge on any atom is -0.497 e. The number of ether oxygens (including phenoxy) is 2. The van der Waals surface area contributed by atoms with Gasteiger partial charge in [0.2, 0.25) is 0 Å². The molecule has 0 bridgehead atoms. The third-order valence-corrected chi connectivity index (χ3v) is 2.95. The van der Waals surface area contributed by atoms with Crippen LogP contribution in [0.3, 0.4) is 0 Å². The zero-order valence-electron chi connectivity index (χ0n) is 11.7. The van der Waals surface area contributed by atoms with Gasteiger partial charge in [0.1, 0.15) is 17.3 Å². The lowest BCUT2D eigenvalue weighted by molar-refractivity contribution is 0.102. The van der Waals surface area contributed by atoms with Gasteiger partial charge in [-0.3, -0.25) is 9.89 Å². The summed E-state index contributed by atoms with van der Waals surface area (Å²) in [6.07, 6.45) is 2.48. The van der Waals surface area contributed by atoms with Crippen LogP contribution in [0.2, 0.25) is 0 Å². The Hall–Kier alpha value is -2.50. The van der Waals surface area contributed by atoms with E-state index in [-0.39, 0.29) is 5.91 Å². The van der Waals surface area contributed by atoms with Crippen LogP contribution in [0.25, 0.3) is 0 Å². The van der Waals surface area contributed by atoms with Crippen molar-refractivity contribution in [3.63, 3.8) is 0 Å². The zero-order valence-corrected chi connectivity index (χ0v) is 11.7. The Bertz CT molecular complexity index is 585. The number of nitrogens with one attached hydrogen (secondary N) is 2. The van der Waals surface area contributed by atoms with Gasteiger partial charge >= 0.3 is 0 Å². The molecular weight excluding hydrogens is 258 g/mol. The maximum Gasteiger partial charge on any atom is 0.257 e. The van der Waals surface area contributed by atoms with Crippen molar-refractivity contribution in [2.24, 2.45) is 0 Å². The lowest BCUT2D eigenvalue weighted by Gasteiger charge is -2.09. The van der Waals surface area contributed by atoms with E-state index in [0.717, 1.165) is 12.0 Å². The molecule has 1 amide bonds. The van der Waals surface area contributed by atoms with E-state index in [1.54, 1.807) is 38.6 Å². The summed E-state index contributed by atoms with van der Waals surface area (Å²) in [4.78, 5) is 12.2. The topological polar surface area (TPSA) is 76.2 Å². The summed E-state index contributed by atoms with van der Waals surface area (Å²) in [6, 6.07) is 5.02. The van der Waals surface area contributed by atoms with E-state index in [0.29, 0.717) is 22.9 Å². The average molecular weight is 275 g/mol. The monoisotopic (exact) mass is 275 g/mol. The molecule has 0 aliphatic carbocycles. The van der Waals surface area contributed by atoms with Crippen molar-refractivity contribution in [3.05, 3.63) is 35.5 Å².